The van der Waals surface area contributed by atoms with Crippen LogP contribution in [0, 0.1) is 11.8 Å². The number of rotatable bonds is 6. The highest BCUT2D eigenvalue weighted by atomic mass is 16.5. The smallest absolute Gasteiger partial charge is 0.306 e. The van der Waals surface area contributed by atoms with Crippen LogP contribution in [0.3, 0.4) is 0 Å². The number of ether oxygens (including phenoxy) is 1. The van der Waals surface area contributed by atoms with Crippen molar-refractivity contribution >= 4 is 11.9 Å². The van der Waals surface area contributed by atoms with Crippen LogP contribution in [0.15, 0.2) is 24.3 Å². The third-order valence-corrected chi connectivity index (χ3v) is 4.03. The van der Waals surface area contributed by atoms with Crippen molar-refractivity contribution in [2.24, 2.45) is 11.8 Å². The molecule has 0 aromatic heterocycles. The van der Waals surface area contributed by atoms with Gasteiger partial charge in [-0.15, -0.1) is 0 Å². The van der Waals surface area contributed by atoms with Crippen LogP contribution in [0.4, 0.5) is 0 Å². The summed E-state index contributed by atoms with van der Waals surface area (Å²) in [5.41, 5.74) is 1.17. The molecule has 1 fully saturated rings. The summed E-state index contributed by atoms with van der Waals surface area (Å²) < 4.78 is 5.50. The molecule has 0 aliphatic carbocycles. The number of nitrogens with zero attached hydrogens (tertiary/aromatic N) is 1. The van der Waals surface area contributed by atoms with Gasteiger partial charge in [0.15, 0.2) is 6.61 Å². The SMILES string of the molecule is CCc1cccc(OCC(=O)N2CC(C(C)C(=O)O)C2)c1. The van der Waals surface area contributed by atoms with E-state index in [1.165, 1.54) is 5.56 Å². The molecule has 1 aliphatic rings. The van der Waals surface area contributed by atoms with E-state index in [-0.39, 0.29) is 18.4 Å². The number of aryl methyl sites for hydroxylation is 1. The van der Waals surface area contributed by atoms with E-state index >= 15 is 0 Å². The maximum Gasteiger partial charge on any atom is 0.306 e. The summed E-state index contributed by atoms with van der Waals surface area (Å²) in [4.78, 5) is 24.4. The molecular formula is C16H21NO4. The van der Waals surface area contributed by atoms with Gasteiger partial charge in [-0.05, 0) is 24.1 Å². The van der Waals surface area contributed by atoms with Gasteiger partial charge in [0.25, 0.3) is 5.91 Å². The Hall–Kier alpha value is -2.04. The first-order valence-corrected chi connectivity index (χ1v) is 7.23. The number of likely N-dealkylation sites (tertiary alicyclic amines) is 1. The largest absolute Gasteiger partial charge is 0.484 e. The predicted molar refractivity (Wildman–Crippen MR) is 78.2 cm³/mol. The van der Waals surface area contributed by atoms with Crippen LogP contribution < -0.4 is 4.74 Å². The minimum Gasteiger partial charge on any atom is -0.484 e. The number of benzene rings is 1. The second kappa shape index (κ2) is 6.61. The fourth-order valence-electron chi connectivity index (χ4n) is 2.33. The van der Waals surface area contributed by atoms with Gasteiger partial charge >= 0.3 is 5.97 Å². The van der Waals surface area contributed by atoms with Gasteiger partial charge in [-0.3, -0.25) is 9.59 Å². The third-order valence-electron chi connectivity index (χ3n) is 4.03. The number of hydrogen-bond acceptors (Lipinski definition) is 3. The van der Waals surface area contributed by atoms with E-state index in [9.17, 15) is 9.59 Å². The van der Waals surface area contributed by atoms with Gasteiger partial charge in [-0.1, -0.05) is 26.0 Å². The molecule has 1 N–H and O–H groups in total. The molecule has 5 heteroatoms. The van der Waals surface area contributed by atoms with Crippen molar-refractivity contribution in [3.8, 4) is 5.75 Å². The topological polar surface area (TPSA) is 66.8 Å². The molecule has 2 rings (SSSR count). The Morgan fingerprint density at radius 3 is 2.76 bits per heavy atom. The Morgan fingerprint density at radius 2 is 2.14 bits per heavy atom. The summed E-state index contributed by atoms with van der Waals surface area (Å²) in [7, 11) is 0. The molecule has 21 heavy (non-hydrogen) atoms. The lowest BCUT2D eigenvalue weighted by molar-refractivity contribution is -0.151. The monoisotopic (exact) mass is 291 g/mol. The standard InChI is InChI=1S/C16H21NO4/c1-3-12-5-4-6-14(7-12)21-10-15(18)17-8-13(9-17)11(2)16(19)20/h4-7,11,13H,3,8-10H2,1-2H3,(H,19,20). The van der Waals surface area contributed by atoms with Crippen LogP contribution in [0.1, 0.15) is 19.4 Å². The highest BCUT2D eigenvalue weighted by molar-refractivity contribution is 5.79. The van der Waals surface area contributed by atoms with E-state index in [0.717, 1.165) is 6.42 Å². The molecule has 1 heterocycles. The minimum absolute atomic E-state index is 0.00133. The van der Waals surface area contributed by atoms with Crippen molar-refractivity contribution < 1.29 is 19.4 Å². The molecule has 1 aliphatic heterocycles. The van der Waals surface area contributed by atoms with Crippen LogP contribution in [-0.2, 0) is 16.0 Å². The van der Waals surface area contributed by atoms with E-state index in [2.05, 4.69) is 6.92 Å². The van der Waals surface area contributed by atoms with Crippen LogP contribution in [0.2, 0.25) is 0 Å². The molecule has 0 saturated carbocycles. The highest BCUT2D eigenvalue weighted by Crippen LogP contribution is 2.24. The van der Waals surface area contributed by atoms with E-state index in [1.54, 1.807) is 11.8 Å². The molecule has 5 nitrogen and oxygen atoms in total. The summed E-state index contributed by atoms with van der Waals surface area (Å²) in [5, 5.41) is 8.92. The van der Waals surface area contributed by atoms with Gasteiger partial charge < -0.3 is 14.7 Å². The van der Waals surface area contributed by atoms with Gasteiger partial charge in [0.2, 0.25) is 0 Å². The lowest BCUT2D eigenvalue weighted by atomic mass is 9.87. The van der Waals surface area contributed by atoms with Crippen LogP contribution in [-0.4, -0.2) is 41.6 Å². The van der Waals surface area contributed by atoms with Crippen LogP contribution in [0.25, 0.3) is 0 Å². The first kappa shape index (κ1) is 15.4. The van der Waals surface area contributed by atoms with Crippen molar-refractivity contribution in [1.29, 1.82) is 0 Å². The molecule has 1 aromatic rings. The molecule has 1 atom stereocenters. The summed E-state index contributed by atoms with van der Waals surface area (Å²) in [5.74, 6) is -0.560. The Kier molecular flexibility index (Phi) is 4.83. The van der Waals surface area contributed by atoms with E-state index < -0.39 is 11.9 Å². The fraction of sp³-hybridized carbons (Fsp3) is 0.500. The first-order chi connectivity index (χ1) is 10.0. The molecule has 1 aromatic carbocycles. The second-order valence-corrected chi connectivity index (χ2v) is 5.48. The molecule has 1 saturated heterocycles. The van der Waals surface area contributed by atoms with E-state index in [0.29, 0.717) is 18.8 Å². The van der Waals surface area contributed by atoms with Crippen molar-refractivity contribution in [1.82, 2.24) is 4.90 Å². The van der Waals surface area contributed by atoms with Crippen molar-refractivity contribution in [2.45, 2.75) is 20.3 Å². The molecule has 0 bridgehead atoms. The van der Waals surface area contributed by atoms with Gasteiger partial charge in [-0.2, -0.15) is 0 Å². The van der Waals surface area contributed by atoms with E-state index in [4.69, 9.17) is 9.84 Å². The molecule has 1 amide bonds. The Bertz CT molecular complexity index is 523. The zero-order chi connectivity index (χ0) is 15.4. The quantitative estimate of drug-likeness (QED) is 0.868. The molecule has 1 unspecified atom stereocenters. The molecular weight excluding hydrogens is 270 g/mol. The third kappa shape index (κ3) is 3.74. The lowest BCUT2D eigenvalue weighted by Crippen LogP contribution is -2.54. The number of carbonyl (C=O) groups excluding carboxylic acids is 1. The number of carboxylic acid groups (broad SMARTS) is 1. The van der Waals surface area contributed by atoms with Crippen molar-refractivity contribution in [2.75, 3.05) is 19.7 Å². The van der Waals surface area contributed by atoms with Gasteiger partial charge in [-0.25, -0.2) is 0 Å². The number of aliphatic carboxylic acids is 1. The summed E-state index contributed by atoms with van der Waals surface area (Å²) in [6, 6.07) is 7.69. The van der Waals surface area contributed by atoms with Crippen molar-refractivity contribution in [3.63, 3.8) is 0 Å². The first-order valence-electron chi connectivity index (χ1n) is 7.23. The number of amides is 1. The summed E-state index contributed by atoms with van der Waals surface area (Å²) >= 11 is 0. The summed E-state index contributed by atoms with van der Waals surface area (Å²) in [6.45, 7) is 4.76. The number of carboxylic acids is 1. The zero-order valence-electron chi connectivity index (χ0n) is 12.4. The predicted octanol–water partition coefficient (Wildman–Crippen LogP) is 1.81. The van der Waals surface area contributed by atoms with Crippen molar-refractivity contribution in [3.05, 3.63) is 29.8 Å². The van der Waals surface area contributed by atoms with Gasteiger partial charge in [0.05, 0.1) is 5.92 Å². The Balaban J connectivity index is 1.77. The fourth-order valence-corrected chi connectivity index (χ4v) is 2.33. The number of carbonyl (C=O) groups is 2. The average molecular weight is 291 g/mol. The van der Waals surface area contributed by atoms with Crippen LogP contribution >= 0.6 is 0 Å². The zero-order valence-corrected chi connectivity index (χ0v) is 12.4. The second-order valence-electron chi connectivity index (χ2n) is 5.48. The lowest BCUT2D eigenvalue weighted by Gasteiger charge is -2.41. The van der Waals surface area contributed by atoms with Gasteiger partial charge in [0, 0.05) is 19.0 Å². The number of hydrogen-bond donors (Lipinski definition) is 1. The van der Waals surface area contributed by atoms with Gasteiger partial charge in [0.1, 0.15) is 5.75 Å². The normalized spacial score (nSPS) is 16.2. The maximum atomic E-state index is 11.9. The molecule has 0 spiro atoms. The average Bonchev–Trinajstić information content (AvgIpc) is 2.43. The Labute approximate surface area is 124 Å². The maximum absolute atomic E-state index is 11.9. The van der Waals surface area contributed by atoms with Crippen LogP contribution in [0.5, 0.6) is 5.75 Å². The molecule has 114 valence electrons. The van der Waals surface area contributed by atoms with E-state index in [1.807, 2.05) is 24.3 Å². The highest BCUT2D eigenvalue weighted by Gasteiger charge is 2.37. The summed E-state index contributed by atoms with van der Waals surface area (Å²) in [6.07, 6.45) is 0.923. The Morgan fingerprint density at radius 1 is 1.43 bits per heavy atom. The minimum atomic E-state index is -0.806. The molecule has 0 radical (unpaired) electrons.